The zero-order valence-corrected chi connectivity index (χ0v) is 15.3. The number of ether oxygens (including phenoxy) is 1. The molecule has 0 radical (unpaired) electrons. The van der Waals surface area contributed by atoms with E-state index < -0.39 is 18.0 Å². The van der Waals surface area contributed by atoms with E-state index in [9.17, 15) is 14.4 Å². The summed E-state index contributed by atoms with van der Waals surface area (Å²) < 4.78 is 5.22. The minimum absolute atomic E-state index is 0.0956. The Morgan fingerprint density at radius 1 is 1.00 bits per heavy atom. The summed E-state index contributed by atoms with van der Waals surface area (Å²) in [6.45, 7) is 2.95. The van der Waals surface area contributed by atoms with Gasteiger partial charge in [0.25, 0.3) is 5.91 Å². The van der Waals surface area contributed by atoms with Crippen molar-refractivity contribution in [2.75, 3.05) is 24.3 Å². The maximum atomic E-state index is 12.2. The van der Waals surface area contributed by atoms with Gasteiger partial charge in [-0.3, -0.25) is 9.59 Å². The van der Waals surface area contributed by atoms with Crippen LogP contribution in [0.3, 0.4) is 0 Å². The van der Waals surface area contributed by atoms with Crippen molar-refractivity contribution in [3.8, 4) is 0 Å². The third kappa shape index (κ3) is 4.92. The van der Waals surface area contributed by atoms with Crippen LogP contribution in [0.4, 0.5) is 11.4 Å². The minimum atomic E-state index is -0.975. The van der Waals surface area contributed by atoms with Gasteiger partial charge < -0.3 is 15.0 Å². The molecule has 0 saturated carbocycles. The fourth-order valence-corrected chi connectivity index (χ4v) is 2.24. The van der Waals surface area contributed by atoms with E-state index in [4.69, 9.17) is 4.74 Å². The van der Waals surface area contributed by atoms with Crippen molar-refractivity contribution in [1.29, 1.82) is 0 Å². The molecular weight excluding hydrogens is 332 g/mol. The summed E-state index contributed by atoms with van der Waals surface area (Å²) in [7, 11) is 3.81. The molecule has 0 aliphatic heterocycles. The predicted octanol–water partition coefficient (Wildman–Crippen LogP) is 3.14. The summed E-state index contributed by atoms with van der Waals surface area (Å²) in [6, 6.07) is 13.5. The van der Waals surface area contributed by atoms with Crippen LogP contribution in [0.2, 0.25) is 0 Å². The summed E-state index contributed by atoms with van der Waals surface area (Å²) in [5, 5.41) is 2.64. The third-order valence-electron chi connectivity index (χ3n) is 3.81. The number of benzene rings is 2. The number of carbonyl (C=O) groups is 3. The Labute approximate surface area is 152 Å². The van der Waals surface area contributed by atoms with Gasteiger partial charge in [-0.05, 0) is 50.2 Å². The molecule has 0 aliphatic rings. The summed E-state index contributed by atoms with van der Waals surface area (Å²) in [6.07, 6.45) is -0.975. The van der Waals surface area contributed by atoms with Gasteiger partial charge in [0.2, 0.25) is 0 Å². The molecule has 2 aromatic carbocycles. The maximum Gasteiger partial charge on any atom is 0.338 e. The lowest BCUT2D eigenvalue weighted by Gasteiger charge is -2.15. The van der Waals surface area contributed by atoms with E-state index in [1.165, 1.54) is 13.8 Å². The van der Waals surface area contributed by atoms with Crippen LogP contribution in [0.25, 0.3) is 0 Å². The van der Waals surface area contributed by atoms with Crippen LogP contribution in [0.5, 0.6) is 0 Å². The molecule has 0 bridgehead atoms. The summed E-state index contributed by atoms with van der Waals surface area (Å²) in [4.78, 5) is 37.7. The van der Waals surface area contributed by atoms with Crippen LogP contribution in [0.15, 0.2) is 48.5 Å². The number of ketones is 1. The number of anilines is 2. The Balaban J connectivity index is 1.98. The molecule has 2 aromatic rings. The van der Waals surface area contributed by atoms with Crippen LogP contribution in [0.1, 0.15) is 34.6 Å². The van der Waals surface area contributed by atoms with Gasteiger partial charge >= 0.3 is 5.97 Å². The number of nitrogens with one attached hydrogen (secondary N) is 1. The number of hydrogen-bond acceptors (Lipinski definition) is 5. The van der Waals surface area contributed by atoms with Crippen molar-refractivity contribution in [3.63, 3.8) is 0 Å². The van der Waals surface area contributed by atoms with E-state index >= 15 is 0 Å². The highest BCUT2D eigenvalue weighted by Crippen LogP contribution is 2.15. The van der Waals surface area contributed by atoms with Gasteiger partial charge in [0.15, 0.2) is 11.9 Å². The average Bonchev–Trinajstić information content (AvgIpc) is 2.61. The fraction of sp³-hybridized carbons (Fsp3) is 0.250. The zero-order chi connectivity index (χ0) is 19.3. The van der Waals surface area contributed by atoms with Gasteiger partial charge in [-0.15, -0.1) is 0 Å². The molecule has 1 atom stereocenters. The predicted molar refractivity (Wildman–Crippen MR) is 101 cm³/mol. The molecule has 0 unspecified atom stereocenters. The van der Waals surface area contributed by atoms with Gasteiger partial charge in [0.1, 0.15) is 0 Å². The number of carbonyl (C=O) groups excluding carboxylic acids is 3. The number of Topliss-reactive ketones (excluding diaryl/α,β-unsaturated/α-hetero) is 1. The van der Waals surface area contributed by atoms with Crippen molar-refractivity contribution in [2.24, 2.45) is 0 Å². The number of hydrogen-bond donors (Lipinski definition) is 1. The SMILES string of the molecule is CC(=O)c1cccc(NC(=O)[C@H](C)OC(=O)c2ccc(N(C)C)cc2)c1. The fourth-order valence-electron chi connectivity index (χ4n) is 2.24. The Bertz CT molecular complexity index is 813. The van der Waals surface area contributed by atoms with Gasteiger partial charge in [-0.1, -0.05) is 12.1 Å². The minimum Gasteiger partial charge on any atom is -0.449 e. The first kappa shape index (κ1) is 19.2. The van der Waals surface area contributed by atoms with E-state index in [1.54, 1.807) is 48.5 Å². The first-order chi connectivity index (χ1) is 12.3. The first-order valence-corrected chi connectivity index (χ1v) is 8.18. The van der Waals surface area contributed by atoms with E-state index in [-0.39, 0.29) is 5.78 Å². The smallest absolute Gasteiger partial charge is 0.338 e. The van der Waals surface area contributed by atoms with Crippen molar-refractivity contribution in [1.82, 2.24) is 0 Å². The van der Waals surface area contributed by atoms with Gasteiger partial charge in [0.05, 0.1) is 5.56 Å². The average molecular weight is 354 g/mol. The van der Waals surface area contributed by atoms with Crippen LogP contribution >= 0.6 is 0 Å². The standard InChI is InChI=1S/C20H22N2O4/c1-13(23)16-6-5-7-17(12-16)21-19(24)14(2)26-20(25)15-8-10-18(11-9-15)22(3)4/h5-12,14H,1-4H3,(H,21,24)/t14-/m0/s1. The molecule has 0 aliphatic carbocycles. The maximum absolute atomic E-state index is 12.2. The highest BCUT2D eigenvalue weighted by atomic mass is 16.5. The third-order valence-corrected chi connectivity index (χ3v) is 3.81. The summed E-state index contributed by atoms with van der Waals surface area (Å²) >= 11 is 0. The first-order valence-electron chi connectivity index (χ1n) is 8.18. The summed E-state index contributed by atoms with van der Waals surface area (Å²) in [5.74, 6) is -1.14. The molecule has 26 heavy (non-hydrogen) atoms. The molecular formula is C20H22N2O4. The molecule has 6 heteroatoms. The van der Waals surface area contributed by atoms with Crippen molar-refractivity contribution in [3.05, 3.63) is 59.7 Å². The lowest BCUT2D eigenvalue weighted by Crippen LogP contribution is -2.30. The van der Waals surface area contributed by atoms with Crippen LogP contribution in [-0.4, -0.2) is 37.9 Å². The van der Waals surface area contributed by atoms with Crippen LogP contribution < -0.4 is 10.2 Å². The number of esters is 1. The Morgan fingerprint density at radius 2 is 1.65 bits per heavy atom. The van der Waals surface area contributed by atoms with E-state index in [2.05, 4.69) is 5.32 Å². The zero-order valence-electron chi connectivity index (χ0n) is 15.3. The van der Waals surface area contributed by atoms with Crippen LogP contribution in [0, 0.1) is 0 Å². The molecule has 0 fully saturated rings. The lowest BCUT2D eigenvalue weighted by atomic mass is 10.1. The Morgan fingerprint density at radius 3 is 2.23 bits per heavy atom. The van der Waals surface area contributed by atoms with Gasteiger partial charge in [0, 0.05) is 31.0 Å². The Kier molecular flexibility index (Phi) is 6.11. The second kappa shape index (κ2) is 8.29. The monoisotopic (exact) mass is 354 g/mol. The highest BCUT2D eigenvalue weighted by molar-refractivity contribution is 5.99. The Hall–Kier alpha value is -3.15. The number of amides is 1. The van der Waals surface area contributed by atoms with Gasteiger partial charge in [-0.2, -0.15) is 0 Å². The molecule has 0 saturated heterocycles. The molecule has 0 spiro atoms. The van der Waals surface area contributed by atoms with Crippen molar-refractivity contribution >= 4 is 29.0 Å². The molecule has 2 rings (SSSR count). The largest absolute Gasteiger partial charge is 0.449 e. The molecule has 6 nitrogen and oxygen atoms in total. The number of nitrogens with zero attached hydrogens (tertiary/aromatic N) is 1. The van der Waals surface area contributed by atoms with E-state index in [1.807, 2.05) is 19.0 Å². The van der Waals surface area contributed by atoms with Crippen LogP contribution in [-0.2, 0) is 9.53 Å². The van der Waals surface area contributed by atoms with E-state index in [0.29, 0.717) is 16.8 Å². The molecule has 136 valence electrons. The topological polar surface area (TPSA) is 75.7 Å². The second-order valence-electron chi connectivity index (χ2n) is 6.12. The quantitative estimate of drug-likeness (QED) is 0.637. The molecule has 0 aromatic heterocycles. The van der Waals surface area contributed by atoms with Crippen molar-refractivity contribution < 1.29 is 19.1 Å². The van der Waals surface area contributed by atoms with Gasteiger partial charge in [-0.25, -0.2) is 4.79 Å². The summed E-state index contributed by atoms with van der Waals surface area (Å²) in [5.41, 5.74) is 2.29. The lowest BCUT2D eigenvalue weighted by molar-refractivity contribution is -0.123. The number of rotatable bonds is 6. The molecule has 1 N–H and O–H groups in total. The second-order valence-corrected chi connectivity index (χ2v) is 6.12. The molecule has 1 amide bonds. The highest BCUT2D eigenvalue weighted by Gasteiger charge is 2.19. The van der Waals surface area contributed by atoms with Crippen molar-refractivity contribution in [2.45, 2.75) is 20.0 Å². The molecule has 0 heterocycles. The normalized spacial score (nSPS) is 11.4. The van der Waals surface area contributed by atoms with E-state index in [0.717, 1.165) is 5.69 Å².